The average Bonchev–Trinajstić information content (AvgIpc) is 2.37. The molecule has 3 nitrogen and oxygen atoms in total. The van der Waals surface area contributed by atoms with Gasteiger partial charge in [-0.2, -0.15) is 0 Å². The molecule has 0 atom stereocenters. The molecule has 3 N–H and O–H groups in total. The van der Waals surface area contributed by atoms with Gasteiger partial charge in [-0.3, -0.25) is 4.99 Å². The predicted octanol–water partition coefficient (Wildman–Crippen LogP) is 3.41. The number of hydrogen-bond donors (Lipinski definition) is 2. The Morgan fingerprint density at radius 3 is 2.63 bits per heavy atom. The highest BCUT2D eigenvalue weighted by molar-refractivity contribution is 14.0. The zero-order valence-electron chi connectivity index (χ0n) is 11.7. The third kappa shape index (κ3) is 9.15. The van der Waals surface area contributed by atoms with Crippen molar-refractivity contribution < 1.29 is 0 Å². The number of nitrogens with two attached hydrogens (primary N) is 1. The Morgan fingerprint density at radius 1 is 1.32 bits per heavy atom. The summed E-state index contributed by atoms with van der Waals surface area (Å²) in [5, 5.41) is 3.13. The smallest absolute Gasteiger partial charge is 0.188 e. The molecule has 0 aliphatic carbocycles. The van der Waals surface area contributed by atoms with Gasteiger partial charge in [-0.25, -0.2) is 0 Å². The SMILES string of the molecule is CCCCN=C(N)NCCSc1ccc(C)cc1.I. The number of halogens is 1. The molecule has 1 aromatic rings. The van der Waals surface area contributed by atoms with Crippen molar-refractivity contribution in [3.05, 3.63) is 29.8 Å². The van der Waals surface area contributed by atoms with Gasteiger partial charge < -0.3 is 11.1 Å². The van der Waals surface area contributed by atoms with Gasteiger partial charge >= 0.3 is 0 Å². The number of nitrogens with one attached hydrogen (secondary N) is 1. The van der Waals surface area contributed by atoms with Gasteiger partial charge in [0.2, 0.25) is 0 Å². The van der Waals surface area contributed by atoms with Crippen LogP contribution in [0.15, 0.2) is 34.2 Å². The maximum absolute atomic E-state index is 5.74. The number of nitrogens with zero attached hydrogens (tertiary/aromatic N) is 1. The first-order valence-electron chi connectivity index (χ1n) is 6.45. The Bertz CT molecular complexity index is 365. The Kier molecular flexibility index (Phi) is 11.1. The molecule has 0 aliphatic rings. The van der Waals surface area contributed by atoms with Crippen LogP contribution in [0.1, 0.15) is 25.3 Å². The summed E-state index contributed by atoms with van der Waals surface area (Å²) in [5.74, 6) is 1.56. The number of aliphatic imine (C=N–C) groups is 1. The quantitative estimate of drug-likeness (QED) is 0.245. The van der Waals surface area contributed by atoms with E-state index in [1.165, 1.54) is 10.5 Å². The largest absolute Gasteiger partial charge is 0.370 e. The summed E-state index contributed by atoms with van der Waals surface area (Å²) in [5.41, 5.74) is 7.04. The number of hydrogen-bond acceptors (Lipinski definition) is 2. The molecule has 1 rings (SSSR count). The number of guanidine groups is 1. The van der Waals surface area contributed by atoms with Crippen LogP contribution in [0.5, 0.6) is 0 Å². The fourth-order valence-corrected chi connectivity index (χ4v) is 2.16. The van der Waals surface area contributed by atoms with Crippen molar-refractivity contribution in [1.82, 2.24) is 5.32 Å². The molecule has 5 heteroatoms. The van der Waals surface area contributed by atoms with Gasteiger partial charge in [0.1, 0.15) is 0 Å². The Morgan fingerprint density at radius 2 is 2.00 bits per heavy atom. The lowest BCUT2D eigenvalue weighted by molar-refractivity contribution is 0.798. The van der Waals surface area contributed by atoms with Crippen LogP contribution in [0.3, 0.4) is 0 Å². The van der Waals surface area contributed by atoms with Gasteiger partial charge in [0.05, 0.1) is 0 Å². The van der Waals surface area contributed by atoms with E-state index in [2.05, 4.69) is 48.4 Å². The first-order chi connectivity index (χ1) is 8.72. The van der Waals surface area contributed by atoms with Crippen LogP contribution in [0, 0.1) is 6.92 Å². The summed E-state index contributed by atoms with van der Waals surface area (Å²) >= 11 is 1.83. The van der Waals surface area contributed by atoms with E-state index in [9.17, 15) is 0 Å². The summed E-state index contributed by atoms with van der Waals surface area (Å²) in [6.45, 7) is 5.92. The minimum Gasteiger partial charge on any atom is -0.370 e. The van der Waals surface area contributed by atoms with E-state index in [1.54, 1.807) is 0 Å². The van der Waals surface area contributed by atoms with Gasteiger partial charge in [0.15, 0.2) is 5.96 Å². The van der Waals surface area contributed by atoms with Gasteiger partial charge in [-0.15, -0.1) is 35.7 Å². The van der Waals surface area contributed by atoms with Crippen LogP contribution in [-0.4, -0.2) is 24.8 Å². The second-order valence-corrected chi connectivity index (χ2v) is 5.38. The highest BCUT2D eigenvalue weighted by Gasteiger charge is 1.95. The second-order valence-electron chi connectivity index (χ2n) is 4.21. The van der Waals surface area contributed by atoms with Crippen LogP contribution < -0.4 is 11.1 Å². The summed E-state index contributed by atoms with van der Waals surface area (Å²) < 4.78 is 0. The summed E-state index contributed by atoms with van der Waals surface area (Å²) in [4.78, 5) is 5.54. The minimum absolute atomic E-state index is 0. The fraction of sp³-hybridized carbons (Fsp3) is 0.500. The maximum atomic E-state index is 5.74. The minimum atomic E-state index is 0. The molecule has 19 heavy (non-hydrogen) atoms. The van der Waals surface area contributed by atoms with Crippen molar-refractivity contribution in [2.45, 2.75) is 31.6 Å². The molecule has 0 saturated carbocycles. The van der Waals surface area contributed by atoms with Crippen molar-refractivity contribution in [3.63, 3.8) is 0 Å². The van der Waals surface area contributed by atoms with Crippen LogP contribution >= 0.6 is 35.7 Å². The average molecular weight is 393 g/mol. The molecule has 0 bridgehead atoms. The molecule has 0 unspecified atom stereocenters. The van der Waals surface area contributed by atoms with Gasteiger partial charge in [0, 0.05) is 23.7 Å². The number of benzene rings is 1. The number of aryl methyl sites for hydroxylation is 1. The van der Waals surface area contributed by atoms with Crippen LogP contribution in [-0.2, 0) is 0 Å². The zero-order valence-corrected chi connectivity index (χ0v) is 14.8. The molecule has 1 aromatic carbocycles. The molecular formula is C14H24IN3S. The molecule has 0 spiro atoms. The maximum Gasteiger partial charge on any atom is 0.188 e. The fourth-order valence-electron chi connectivity index (χ4n) is 1.40. The molecule has 0 fully saturated rings. The van der Waals surface area contributed by atoms with E-state index in [0.29, 0.717) is 5.96 Å². The summed E-state index contributed by atoms with van der Waals surface area (Å²) in [6, 6.07) is 8.57. The number of thioether (sulfide) groups is 1. The third-order valence-corrected chi connectivity index (χ3v) is 3.51. The molecular weight excluding hydrogens is 369 g/mol. The molecule has 0 saturated heterocycles. The molecule has 0 amide bonds. The van der Waals surface area contributed by atoms with Gasteiger partial charge in [-0.05, 0) is 25.5 Å². The van der Waals surface area contributed by atoms with Crippen LogP contribution in [0.2, 0.25) is 0 Å². The standard InChI is InChI=1S/C14H23N3S.HI/c1-3-4-9-16-14(15)17-10-11-18-13-7-5-12(2)6-8-13;/h5-8H,3-4,9-11H2,1-2H3,(H3,15,16,17);1H. The van der Waals surface area contributed by atoms with Crippen molar-refractivity contribution in [2.24, 2.45) is 10.7 Å². The van der Waals surface area contributed by atoms with E-state index < -0.39 is 0 Å². The van der Waals surface area contributed by atoms with E-state index >= 15 is 0 Å². The molecule has 0 aromatic heterocycles. The Balaban J connectivity index is 0.00000324. The first kappa shape index (κ1) is 18.6. The third-order valence-electron chi connectivity index (χ3n) is 2.49. The predicted molar refractivity (Wildman–Crippen MR) is 96.7 cm³/mol. The lowest BCUT2D eigenvalue weighted by Gasteiger charge is -2.05. The molecule has 0 radical (unpaired) electrons. The van der Waals surface area contributed by atoms with Crippen molar-refractivity contribution in [1.29, 1.82) is 0 Å². The normalized spacial score (nSPS) is 10.9. The first-order valence-corrected chi connectivity index (χ1v) is 7.44. The molecule has 0 aliphatic heterocycles. The van der Waals surface area contributed by atoms with Crippen molar-refractivity contribution in [2.75, 3.05) is 18.8 Å². The van der Waals surface area contributed by atoms with E-state index in [1.807, 2.05) is 11.8 Å². The zero-order chi connectivity index (χ0) is 13.2. The van der Waals surface area contributed by atoms with Gasteiger partial charge in [-0.1, -0.05) is 31.0 Å². The highest BCUT2D eigenvalue weighted by Crippen LogP contribution is 2.17. The second kappa shape index (κ2) is 11.4. The topological polar surface area (TPSA) is 50.4 Å². The molecule has 108 valence electrons. The highest BCUT2D eigenvalue weighted by atomic mass is 127. The number of rotatable bonds is 7. The van der Waals surface area contributed by atoms with Crippen LogP contribution in [0.25, 0.3) is 0 Å². The lowest BCUT2D eigenvalue weighted by Crippen LogP contribution is -2.33. The van der Waals surface area contributed by atoms with Crippen molar-refractivity contribution >= 4 is 41.7 Å². The Hall–Kier alpha value is -0.430. The monoisotopic (exact) mass is 393 g/mol. The van der Waals surface area contributed by atoms with Crippen molar-refractivity contribution in [3.8, 4) is 0 Å². The van der Waals surface area contributed by atoms with Crippen LogP contribution in [0.4, 0.5) is 0 Å². The van der Waals surface area contributed by atoms with E-state index in [0.717, 1.165) is 31.7 Å². The number of unbranched alkanes of at least 4 members (excludes halogenated alkanes) is 1. The van der Waals surface area contributed by atoms with E-state index in [4.69, 9.17) is 5.73 Å². The Labute approximate surface area is 137 Å². The summed E-state index contributed by atoms with van der Waals surface area (Å²) in [7, 11) is 0. The summed E-state index contributed by atoms with van der Waals surface area (Å²) in [6.07, 6.45) is 2.25. The molecule has 0 heterocycles. The van der Waals surface area contributed by atoms with E-state index in [-0.39, 0.29) is 24.0 Å². The van der Waals surface area contributed by atoms with Gasteiger partial charge in [0.25, 0.3) is 0 Å². The lowest BCUT2D eigenvalue weighted by atomic mass is 10.2.